The second-order valence-electron chi connectivity index (χ2n) is 8.37. The Morgan fingerprint density at radius 3 is 2.52 bits per heavy atom. The van der Waals surface area contributed by atoms with Crippen LogP contribution in [0.25, 0.3) is 0 Å². The summed E-state index contributed by atoms with van der Waals surface area (Å²) in [6.45, 7) is 3.22. The minimum absolute atomic E-state index is 0. The fourth-order valence-corrected chi connectivity index (χ4v) is 5.18. The summed E-state index contributed by atoms with van der Waals surface area (Å²) >= 11 is 0. The maximum absolute atomic E-state index is 12.0. The molecule has 0 radical (unpaired) electrons. The molecule has 0 saturated carbocycles. The van der Waals surface area contributed by atoms with E-state index in [1.165, 1.54) is 7.11 Å². The molecule has 2 aromatic carbocycles. The van der Waals surface area contributed by atoms with Gasteiger partial charge in [0.25, 0.3) is 0 Å². The summed E-state index contributed by atoms with van der Waals surface area (Å²) in [7, 11) is 1.49. The number of piperidine rings is 3. The number of methoxy groups -OCH3 is 1. The fraction of sp³-hybridized carbons (Fsp3) is 0.458. The van der Waals surface area contributed by atoms with E-state index in [2.05, 4.69) is 4.90 Å². The van der Waals surface area contributed by atoms with Gasteiger partial charge in [0.15, 0.2) is 0 Å². The number of hydrogen-bond acceptors (Lipinski definition) is 4. The highest BCUT2D eigenvalue weighted by molar-refractivity contribution is 5.90. The molecule has 2 aromatic rings. The zero-order valence-corrected chi connectivity index (χ0v) is 16.9. The Bertz CT molecular complexity index is 871. The highest BCUT2D eigenvalue weighted by atomic mass is 16.5. The van der Waals surface area contributed by atoms with Gasteiger partial charge in [-0.05, 0) is 68.0 Å². The van der Waals surface area contributed by atoms with Gasteiger partial charge in [-0.25, -0.2) is 4.79 Å². The van der Waals surface area contributed by atoms with Crippen LogP contribution < -0.4 is 4.74 Å². The molecular weight excluding hydrogens is 366 g/mol. The van der Waals surface area contributed by atoms with Gasteiger partial charge in [0.2, 0.25) is 0 Å². The lowest BCUT2D eigenvalue weighted by Crippen LogP contribution is -2.55. The van der Waals surface area contributed by atoms with E-state index < -0.39 is 11.6 Å². The van der Waals surface area contributed by atoms with Crippen LogP contribution in [0, 0.1) is 11.8 Å². The third-order valence-electron chi connectivity index (χ3n) is 6.83. The quantitative estimate of drug-likeness (QED) is 0.735. The summed E-state index contributed by atoms with van der Waals surface area (Å²) in [5, 5.41) is 21.3. The molecule has 158 valence electrons. The summed E-state index contributed by atoms with van der Waals surface area (Å²) in [5.74, 6) is 0.129. The number of carboxylic acids is 1. The van der Waals surface area contributed by atoms with Crippen molar-refractivity contribution in [2.45, 2.75) is 31.3 Å². The summed E-state index contributed by atoms with van der Waals surface area (Å²) < 4.78 is 5.27. The minimum atomic E-state index is -0.999. The number of rotatable bonds is 7. The maximum atomic E-state index is 12.0. The molecule has 5 nitrogen and oxygen atoms in total. The average Bonchev–Trinajstić information content (AvgIpc) is 2.78. The van der Waals surface area contributed by atoms with Crippen molar-refractivity contribution in [1.82, 2.24) is 4.90 Å². The van der Waals surface area contributed by atoms with Gasteiger partial charge in [0, 0.05) is 15.3 Å². The van der Waals surface area contributed by atoms with Crippen LogP contribution >= 0.6 is 0 Å². The Labute approximate surface area is 174 Å². The van der Waals surface area contributed by atoms with Crippen molar-refractivity contribution in [3.8, 4) is 5.75 Å². The first-order valence-electron chi connectivity index (χ1n) is 10.4. The molecule has 0 aromatic heterocycles. The molecule has 0 amide bonds. The number of aliphatic hydroxyl groups is 1. The van der Waals surface area contributed by atoms with Crippen LogP contribution in [0.1, 0.15) is 43.6 Å². The molecule has 3 aliphatic heterocycles. The Morgan fingerprint density at radius 1 is 1.21 bits per heavy atom. The number of carboxylic acid groups (broad SMARTS) is 1. The number of aryl methyl sites for hydroxylation is 1. The van der Waals surface area contributed by atoms with E-state index in [0.717, 1.165) is 43.6 Å². The average molecular weight is 400 g/mol. The van der Waals surface area contributed by atoms with Crippen molar-refractivity contribution < 1.29 is 22.6 Å². The minimum Gasteiger partial charge on any atom is -0.496 e. The molecule has 2 bridgehead atoms. The third kappa shape index (κ3) is 3.89. The molecule has 3 fully saturated rings. The van der Waals surface area contributed by atoms with Crippen LogP contribution in [0.2, 0.25) is 0 Å². The second-order valence-corrected chi connectivity index (χ2v) is 8.37. The first-order valence-corrected chi connectivity index (χ1v) is 10.4. The number of benzene rings is 2. The van der Waals surface area contributed by atoms with Crippen molar-refractivity contribution in [3.05, 3.63) is 65.2 Å². The van der Waals surface area contributed by atoms with Crippen molar-refractivity contribution in [2.24, 2.45) is 11.8 Å². The molecule has 2 N–H and O–H groups in total. The summed E-state index contributed by atoms with van der Waals surface area (Å²) in [5.41, 5.74) is 1.21. The third-order valence-corrected chi connectivity index (χ3v) is 6.83. The molecule has 2 atom stereocenters. The summed E-state index contributed by atoms with van der Waals surface area (Å²) in [4.78, 5) is 13.8. The van der Waals surface area contributed by atoms with E-state index in [9.17, 15) is 15.0 Å². The SMILES string of the molecule is COc1cc(CCC(O)(c2ccccc2)C2CN3CCC2CC3)ccc1C(=O)O.[HH].[HH]. The van der Waals surface area contributed by atoms with E-state index in [1.54, 1.807) is 12.1 Å². The highest BCUT2D eigenvalue weighted by Crippen LogP contribution is 2.45. The molecule has 2 unspecified atom stereocenters. The Morgan fingerprint density at radius 2 is 1.93 bits per heavy atom. The maximum Gasteiger partial charge on any atom is 0.339 e. The Hall–Kier alpha value is -2.37. The first kappa shape index (κ1) is 19.9. The summed E-state index contributed by atoms with van der Waals surface area (Å²) in [6, 6.07) is 15.2. The fourth-order valence-electron chi connectivity index (χ4n) is 5.18. The number of fused-ring (bicyclic) bond motifs is 3. The largest absolute Gasteiger partial charge is 0.496 e. The molecule has 5 heteroatoms. The van der Waals surface area contributed by atoms with Crippen LogP contribution in [-0.2, 0) is 12.0 Å². The normalized spacial score (nSPS) is 25.4. The van der Waals surface area contributed by atoms with E-state index in [1.807, 2.05) is 36.4 Å². The smallest absolute Gasteiger partial charge is 0.339 e. The molecular formula is C24H33NO4. The van der Waals surface area contributed by atoms with Crippen molar-refractivity contribution >= 4 is 5.97 Å². The molecule has 0 spiro atoms. The van der Waals surface area contributed by atoms with E-state index >= 15 is 0 Å². The predicted molar refractivity (Wildman–Crippen MR) is 115 cm³/mol. The predicted octanol–water partition coefficient (Wildman–Crippen LogP) is 4.05. The number of hydrogen-bond donors (Lipinski definition) is 2. The first-order chi connectivity index (χ1) is 14.0. The van der Waals surface area contributed by atoms with E-state index in [0.29, 0.717) is 24.5 Å². The van der Waals surface area contributed by atoms with Crippen LogP contribution in [0.4, 0.5) is 0 Å². The Kier molecular flexibility index (Phi) is 5.61. The van der Waals surface area contributed by atoms with Gasteiger partial charge in [0.1, 0.15) is 11.3 Å². The zero-order chi connectivity index (χ0) is 20.4. The lowest BCUT2D eigenvalue weighted by Gasteiger charge is -2.51. The monoisotopic (exact) mass is 399 g/mol. The van der Waals surface area contributed by atoms with Gasteiger partial charge in [-0.15, -0.1) is 0 Å². The van der Waals surface area contributed by atoms with Crippen LogP contribution in [-0.4, -0.2) is 47.8 Å². The van der Waals surface area contributed by atoms with Crippen LogP contribution in [0.15, 0.2) is 48.5 Å². The van der Waals surface area contributed by atoms with Crippen LogP contribution in [0.3, 0.4) is 0 Å². The molecule has 3 saturated heterocycles. The molecule has 3 aliphatic rings. The van der Waals surface area contributed by atoms with Gasteiger partial charge in [-0.1, -0.05) is 36.4 Å². The lowest BCUT2D eigenvalue weighted by molar-refractivity contribution is -0.106. The van der Waals surface area contributed by atoms with Crippen molar-refractivity contribution in [3.63, 3.8) is 0 Å². The van der Waals surface area contributed by atoms with Gasteiger partial charge in [-0.2, -0.15) is 0 Å². The summed E-state index contributed by atoms with van der Waals surface area (Å²) in [6.07, 6.45) is 3.56. The van der Waals surface area contributed by atoms with Crippen LogP contribution in [0.5, 0.6) is 5.75 Å². The number of carbonyl (C=O) groups is 1. The van der Waals surface area contributed by atoms with Crippen molar-refractivity contribution in [2.75, 3.05) is 26.7 Å². The van der Waals surface area contributed by atoms with E-state index in [-0.39, 0.29) is 14.3 Å². The molecule has 3 heterocycles. The van der Waals surface area contributed by atoms with Gasteiger partial charge >= 0.3 is 5.97 Å². The number of aromatic carboxylic acids is 1. The topological polar surface area (TPSA) is 70.0 Å². The highest BCUT2D eigenvalue weighted by Gasteiger charge is 2.47. The van der Waals surface area contributed by atoms with Gasteiger partial charge in [0.05, 0.1) is 12.7 Å². The standard InChI is InChI=1S/C24H29NO4.2H2/c1-29-22-15-17(7-8-20(22)23(26)27)9-12-24(28,19-5-3-2-4-6-19)21-16-25-13-10-18(21)11-14-25;;/h2-8,15,18,21,28H,9-14,16H2,1H3,(H,26,27);2*1H. The second kappa shape index (κ2) is 8.17. The van der Waals surface area contributed by atoms with Gasteiger partial charge < -0.3 is 19.8 Å². The lowest BCUT2D eigenvalue weighted by atomic mass is 9.66. The van der Waals surface area contributed by atoms with Crippen molar-refractivity contribution in [1.29, 1.82) is 0 Å². The molecule has 29 heavy (non-hydrogen) atoms. The van der Waals surface area contributed by atoms with E-state index in [4.69, 9.17) is 4.74 Å². The number of ether oxygens (including phenoxy) is 1. The molecule has 5 rings (SSSR count). The zero-order valence-electron chi connectivity index (χ0n) is 16.9. The number of nitrogens with zero attached hydrogens (tertiary/aromatic N) is 1. The Balaban J connectivity index is 0.00000171. The van der Waals surface area contributed by atoms with Gasteiger partial charge in [-0.3, -0.25) is 0 Å². The molecule has 0 aliphatic carbocycles.